The normalized spacial score (nSPS) is 23.5. The number of aliphatic hydroxyl groups is 1. The van der Waals surface area contributed by atoms with E-state index in [0.717, 1.165) is 44.3 Å². The second-order valence-electron chi connectivity index (χ2n) is 8.83. The molecule has 1 aromatic heterocycles. The van der Waals surface area contributed by atoms with Crippen molar-refractivity contribution < 1.29 is 9.90 Å². The summed E-state index contributed by atoms with van der Waals surface area (Å²) in [5, 5.41) is 13.7. The van der Waals surface area contributed by atoms with Crippen molar-refractivity contribution in [1.29, 1.82) is 0 Å². The van der Waals surface area contributed by atoms with Gasteiger partial charge in [0.15, 0.2) is 0 Å². The quantitative estimate of drug-likeness (QED) is 0.796. The van der Waals surface area contributed by atoms with E-state index in [4.69, 9.17) is 0 Å². The highest BCUT2D eigenvalue weighted by molar-refractivity contribution is 5.92. The monoisotopic (exact) mass is 395 g/mol. The zero-order valence-electron chi connectivity index (χ0n) is 17.7. The lowest BCUT2D eigenvalue weighted by Gasteiger charge is -2.46. The number of piperidine rings is 1. The van der Waals surface area contributed by atoms with Gasteiger partial charge in [0.25, 0.3) is 5.91 Å². The minimum atomic E-state index is -0.00451. The first-order valence-electron chi connectivity index (χ1n) is 11.1. The fourth-order valence-electron chi connectivity index (χ4n) is 5.43. The van der Waals surface area contributed by atoms with Gasteiger partial charge in [-0.15, -0.1) is 0 Å². The van der Waals surface area contributed by atoms with Gasteiger partial charge in [-0.1, -0.05) is 11.6 Å². The van der Waals surface area contributed by atoms with Crippen LogP contribution in [0.5, 0.6) is 0 Å². The Morgan fingerprint density at radius 3 is 2.66 bits per heavy atom. The summed E-state index contributed by atoms with van der Waals surface area (Å²) in [6.45, 7) is 7.55. The third-order valence-corrected chi connectivity index (χ3v) is 7.14. The van der Waals surface area contributed by atoms with E-state index in [0.29, 0.717) is 30.0 Å². The van der Waals surface area contributed by atoms with Crippen LogP contribution in [0.2, 0.25) is 0 Å². The number of nitrogens with one attached hydrogen (secondary N) is 1. The summed E-state index contributed by atoms with van der Waals surface area (Å²) < 4.78 is 0. The Balaban J connectivity index is 1.65. The van der Waals surface area contributed by atoms with E-state index in [9.17, 15) is 9.90 Å². The molecule has 2 aliphatic carbocycles. The van der Waals surface area contributed by atoms with E-state index in [1.165, 1.54) is 24.0 Å². The SMILES string of the molecule is CCN(CC)C(=O)c1ccc(C2CC3(CCNCC3)CC3=C2C=C(O)CC3)cn1. The standard InChI is InChI=1S/C24H33N3O2/c1-3-27(4-2)23(29)22-8-6-18(16-26-22)21-15-24(9-11-25-12-10-24)14-17-5-7-19(28)13-20(17)21/h6,8,13,16,21,25,28H,3-5,7,9-12,14-15H2,1-2H3. The van der Waals surface area contributed by atoms with Crippen LogP contribution in [0.25, 0.3) is 0 Å². The second kappa shape index (κ2) is 8.31. The zero-order chi connectivity index (χ0) is 20.4. The number of pyridine rings is 1. The Bertz CT molecular complexity index is 815. The summed E-state index contributed by atoms with van der Waals surface area (Å²) in [5.74, 6) is 0.746. The van der Waals surface area contributed by atoms with Crippen LogP contribution in [0.3, 0.4) is 0 Å². The molecule has 0 saturated carbocycles. The number of carbonyl (C=O) groups excluding carboxylic acids is 1. The lowest BCUT2D eigenvalue weighted by Crippen LogP contribution is -2.40. The minimum Gasteiger partial charge on any atom is -0.512 e. The fraction of sp³-hybridized carbons (Fsp3) is 0.583. The maximum Gasteiger partial charge on any atom is 0.272 e. The molecule has 5 nitrogen and oxygen atoms in total. The zero-order valence-corrected chi connectivity index (χ0v) is 17.7. The van der Waals surface area contributed by atoms with Gasteiger partial charge in [-0.25, -0.2) is 0 Å². The van der Waals surface area contributed by atoms with Crippen molar-refractivity contribution in [3.05, 3.63) is 52.6 Å². The highest BCUT2D eigenvalue weighted by Crippen LogP contribution is 2.53. The van der Waals surface area contributed by atoms with Gasteiger partial charge in [-0.2, -0.15) is 0 Å². The number of amides is 1. The highest BCUT2D eigenvalue weighted by atomic mass is 16.3. The van der Waals surface area contributed by atoms with Crippen molar-refractivity contribution in [1.82, 2.24) is 15.2 Å². The molecule has 156 valence electrons. The summed E-state index contributed by atoms with van der Waals surface area (Å²) in [6, 6.07) is 3.96. The second-order valence-corrected chi connectivity index (χ2v) is 8.83. The Hall–Kier alpha value is -2.14. The first kappa shape index (κ1) is 20.1. The van der Waals surface area contributed by atoms with Crippen LogP contribution in [0.1, 0.15) is 74.3 Å². The number of carbonyl (C=O) groups is 1. The number of nitrogens with zero attached hydrogens (tertiary/aromatic N) is 2. The summed E-state index contributed by atoms with van der Waals surface area (Å²) in [7, 11) is 0. The van der Waals surface area contributed by atoms with E-state index < -0.39 is 0 Å². The molecule has 2 heterocycles. The molecule has 1 unspecified atom stereocenters. The first-order chi connectivity index (χ1) is 14.0. The number of hydrogen-bond acceptors (Lipinski definition) is 4. The molecule has 1 spiro atoms. The van der Waals surface area contributed by atoms with Crippen LogP contribution in [0.15, 0.2) is 41.3 Å². The molecular weight excluding hydrogens is 362 g/mol. The third kappa shape index (κ3) is 3.97. The van der Waals surface area contributed by atoms with Crippen molar-refractivity contribution >= 4 is 5.91 Å². The predicted molar refractivity (Wildman–Crippen MR) is 115 cm³/mol. The molecule has 3 aliphatic rings. The maximum absolute atomic E-state index is 12.6. The van der Waals surface area contributed by atoms with Crippen molar-refractivity contribution in [3.63, 3.8) is 0 Å². The molecule has 2 N–H and O–H groups in total. The van der Waals surface area contributed by atoms with E-state index in [2.05, 4.69) is 16.4 Å². The largest absolute Gasteiger partial charge is 0.512 e. The smallest absolute Gasteiger partial charge is 0.272 e. The topological polar surface area (TPSA) is 65.5 Å². The number of allylic oxidation sites excluding steroid dienone is 4. The third-order valence-electron chi connectivity index (χ3n) is 7.14. The molecule has 29 heavy (non-hydrogen) atoms. The summed E-state index contributed by atoms with van der Waals surface area (Å²) in [4.78, 5) is 19.0. The fourth-order valence-corrected chi connectivity index (χ4v) is 5.43. The van der Waals surface area contributed by atoms with Crippen molar-refractivity contribution in [2.24, 2.45) is 5.41 Å². The molecule has 1 saturated heterocycles. The molecule has 0 bridgehead atoms. The predicted octanol–water partition coefficient (Wildman–Crippen LogP) is 4.34. The van der Waals surface area contributed by atoms with E-state index in [1.807, 2.05) is 32.2 Å². The molecule has 0 radical (unpaired) electrons. The van der Waals surface area contributed by atoms with Gasteiger partial charge in [0.05, 0.1) is 5.76 Å². The molecule has 1 aromatic rings. The van der Waals surface area contributed by atoms with Gasteiger partial charge >= 0.3 is 0 Å². The molecule has 1 fully saturated rings. The Morgan fingerprint density at radius 1 is 1.24 bits per heavy atom. The van der Waals surface area contributed by atoms with Gasteiger partial charge in [-0.05, 0) is 87.7 Å². The summed E-state index contributed by atoms with van der Waals surface area (Å²) in [6.07, 6.45) is 10.3. The average Bonchev–Trinajstić information content (AvgIpc) is 2.75. The van der Waals surface area contributed by atoms with Crippen LogP contribution in [-0.4, -0.2) is 47.1 Å². The van der Waals surface area contributed by atoms with E-state index >= 15 is 0 Å². The maximum atomic E-state index is 12.6. The molecule has 4 rings (SSSR count). The van der Waals surface area contributed by atoms with Gasteiger partial charge in [0, 0.05) is 31.6 Å². The Kier molecular flexibility index (Phi) is 5.77. The highest BCUT2D eigenvalue weighted by Gasteiger charge is 2.41. The lowest BCUT2D eigenvalue weighted by atomic mass is 9.60. The van der Waals surface area contributed by atoms with Crippen LogP contribution in [-0.2, 0) is 0 Å². The number of aromatic nitrogens is 1. The number of rotatable bonds is 4. The minimum absolute atomic E-state index is 0.00451. The van der Waals surface area contributed by atoms with Crippen LogP contribution >= 0.6 is 0 Å². The molecule has 1 atom stereocenters. The van der Waals surface area contributed by atoms with E-state index in [1.54, 1.807) is 4.90 Å². The van der Waals surface area contributed by atoms with Crippen molar-refractivity contribution in [3.8, 4) is 0 Å². The molecule has 0 aromatic carbocycles. The Labute approximate surface area is 173 Å². The van der Waals surface area contributed by atoms with Crippen LogP contribution in [0, 0.1) is 5.41 Å². The number of hydrogen-bond donors (Lipinski definition) is 2. The van der Waals surface area contributed by atoms with Crippen molar-refractivity contribution in [2.75, 3.05) is 26.2 Å². The van der Waals surface area contributed by atoms with Crippen molar-refractivity contribution in [2.45, 2.75) is 58.3 Å². The molecule has 1 aliphatic heterocycles. The molecule has 1 amide bonds. The molecule has 5 heteroatoms. The average molecular weight is 396 g/mol. The van der Waals surface area contributed by atoms with Crippen LogP contribution < -0.4 is 5.32 Å². The van der Waals surface area contributed by atoms with Gasteiger partial charge in [0.2, 0.25) is 0 Å². The van der Waals surface area contributed by atoms with Gasteiger partial charge in [0.1, 0.15) is 5.69 Å². The van der Waals surface area contributed by atoms with Gasteiger partial charge in [-0.3, -0.25) is 9.78 Å². The first-order valence-corrected chi connectivity index (χ1v) is 11.1. The Morgan fingerprint density at radius 2 is 2.00 bits per heavy atom. The van der Waals surface area contributed by atoms with E-state index in [-0.39, 0.29) is 11.8 Å². The lowest BCUT2D eigenvalue weighted by molar-refractivity contribution is 0.0767. The molecular formula is C24H33N3O2. The summed E-state index contributed by atoms with van der Waals surface area (Å²) >= 11 is 0. The number of aliphatic hydroxyl groups excluding tert-OH is 1. The summed E-state index contributed by atoms with van der Waals surface area (Å²) in [5.41, 5.74) is 4.84. The van der Waals surface area contributed by atoms with Crippen LogP contribution in [0.4, 0.5) is 0 Å². The van der Waals surface area contributed by atoms with Gasteiger partial charge < -0.3 is 15.3 Å².